The maximum Gasteiger partial charge on any atom is 0.112 e. The van der Waals surface area contributed by atoms with Crippen LogP contribution in [0.3, 0.4) is 0 Å². The Labute approximate surface area is 69.0 Å². The van der Waals surface area contributed by atoms with Crippen molar-refractivity contribution in [3.63, 3.8) is 0 Å². The minimum absolute atomic E-state index is 0.113. The molecule has 0 fully saturated rings. The number of aliphatic hydroxyl groups is 1. The van der Waals surface area contributed by atoms with Gasteiger partial charge in [0.2, 0.25) is 0 Å². The number of aliphatic hydroxyl groups excluding tert-OH is 1. The summed E-state index contributed by atoms with van der Waals surface area (Å²) >= 11 is 0. The molecule has 0 radical (unpaired) electrons. The quantitative estimate of drug-likeness (QED) is 0.597. The van der Waals surface area contributed by atoms with Crippen molar-refractivity contribution in [2.45, 2.75) is 20.1 Å². The molecule has 0 aliphatic carbocycles. The first-order chi connectivity index (χ1) is 5.13. The Balaban J connectivity index is 3.81. The SMILES string of the molecule is COC(C(C)C)N(C)CCO. The van der Waals surface area contributed by atoms with Crippen LogP contribution in [0.2, 0.25) is 0 Å². The van der Waals surface area contributed by atoms with Gasteiger partial charge in [-0.25, -0.2) is 0 Å². The lowest BCUT2D eigenvalue weighted by atomic mass is 10.2. The van der Waals surface area contributed by atoms with E-state index in [0.29, 0.717) is 12.5 Å². The van der Waals surface area contributed by atoms with Crippen LogP contribution in [0.1, 0.15) is 13.8 Å². The third kappa shape index (κ3) is 3.70. The van der Waals surface area contributed by atoms with Crippen LogP contribution in [-0.4, -0.2) is 43.5 Å². The van der Waals surface area contributed by atoms with Gasteiger partial charge in [-0.15, -0.1) is 0 Å². The van der Waals surface area contributed by atoms with E-state index < -0.39 is 0 Å². The van der Waals surface area contributed by atoms with Gasteiger partial charge in [-0.05, 0) is 13.0 Å². The predicted octanol–water partition coefficient (Wildman–Crippen LogP) is 0.539. The van der Waals surface area contributed by atoms with Gasteiger partial charge in [0, 0.05) is 13.7 Å². The van der Waals surface area contributed by atoms with Crippen molar-refractivity contribution in [2.75, 3.05) is 27.3 Å². The largest absolute Gasteiger partial charge is 0.395 e. The highest BCUT2D eigenvalue weighted by Crippen LogP contribution is 2.08. The van der Waals surface area contributed by atoms with Crippen LogP contribution in [0.4, 0.5) is 0 Å². The van der Waals surface area contributed by atoms with Gasteiger partial charge in [-0.1, -0.05) is 13.8 Å². The highest BCUT2D eigenvalue weighted by Gasteiger charge is 2.16. The average Bonchev–Trinajstić information content (AvgIpc) is 1.88. The molecule has 11 heavy (non-hydrogen) atoms. The standard InChI is InChI=1S/C8H19NO2/c1-7(2)8(11-4)9(3)5-6-10/h7-8,10H,5-6H2,1-4H3. The van der Waals surface area contributed by atoms with Crippen molar-refractivity contribution < 1.29 is 9.84 Å². The third-order valence-corrected chi connectivity index (χ3v) is 1.70. The smallest absolute Gasteiger partial charge is 0.112 e. The molecule has 0 aliphatic heterocycles. The summed E-state index contributed by atoms with van der Waals surface area (Å²) in [5, 5.41) is 8.67. The Kier molecular flexibility index (Phi) is 5.46. The fraction of sp³-hybridized carbons (Fsp3) is 1.00. The summed E-state index contributed by atoms with van der Waals surface area (Å²) < 4.78 is 5.24. The second-order valence-corrected chi connectivity index (χ2v) is 3.07. The van der Waals surface area contributed by atoms with Crippen molar-refractivity contribution in [2.24, 2.45) is 5.92 Å². The molecule has 1 atom stereocenters. The van der Waals surface area contributed by atoms with Gasteiger partial charge in [0.05, 0.1) is 6.61 Å². The normalized spacial score (nSPS) is 14.5. The van der Waals surface area contributed by atoms with Crippen molar-refractivity contribution in [3.8, 4) is 0 Å². The second kappa shape index (κ2) is 5.52. The van der Waals surface area contributed by atoms with Crippen molar-refractivity contribution >= 4 is 0 Å². The number of hydrogen-bond acceptors (Lipinski definition) is 3. The van der Waals surface area contributed by atoms with Gasteiger partial charge in [-0.3, -0.25) is 4.90 Å². The minimum Gasteiger partial charge on any atom is -0.395 e. The number of hydrogen-bond donors (Lipinski definition) is 1. The molecule has 68 valence electrons. The van der Waals surface area contributed by atoms with E-state index in [9.17, 15) is 0 Å². The first kappa shape index (κ1) is 10.9. The Morgan fingerprint density at radius 3 is 2.27 bits per heavy atom. The van der Waals surface area contributed by atoms with Gasteiger partial charge in [0.1, 0.15) is 6.23 Å². The highest BCUT2D eigenvalue weighted by molar-refractivity contribution is 4.61. The number of nitrogens with zero attached hydrogens (tertiary/aromatic N) is 1. The number of ether oxygens (including phenoxy) is 1. The molecule has 0 bridgehead atoms. The van der Waals surface area contributed by atoms with Crippen LogP contribution in [0.25, 0.3) is 0 Å². The van der Waals surface area contributed by atoms with E-state index in [1.807, 2.05) is 11.9 Å². The Morgan fingerprint density at radius 1 is 1.45 bits per heavy atom. The summed E-state index contributed by atoms with van der Waals surface area (Å²) in [4.78, 5) is 2.00. The monoisotopic (exact) mass is 161 g/mol. The van der Waals surface area contributed by atoms with Gasteiger partial charge in [0.15, 0.2) is 0 Å². The molecule has 0 saturated carbocycles. The van der Waals surface area contributed by atoms with E-state index in [1.54, 1.807) is 7.11 Å². The number of rotatable bonds is 5. The van der Waals surface area contributed by atoms with E-state index in [-0.39, 0.29) is 12.8 Å². The van der Waals surface area contributed by atoms with E-state index in [0.717, 1.165) is 0 Å². The van der Waals surface area contributed by atoms with Gasteiger partial charge >= 0.3 is 0 Å². The van der Waals surface area contributed by atoms with Crippen LogP contribution < -0.4 is 0 Å². The molecule has 0 amide bonds. The molecule has 3 heteroatoms. The molecule has 0 aromatic rings. The lowest BCUT2D eigenvalue weighted by Crippen LogP contribution is -2.39. The number of likely N-dealkylation sites (N-methyl/N-ethyl adjacent to an activating group) is 1. The first-order valence-electron chi connectivity index (χ1n) is 3.97. The van der Waals surface area contributed by atoms with E-state index in [4.69, 9.17) is 9.84 Å². The molecule has 1 N–H and O–H groups in total. The Hall–Kier alpha value is -0.120. The molecule has 0 rings (SSSR count). The van der Waals surface area contributed by atoms with Gasteiger partial charge in [0.25, 0.3) is 0 Å². The average molecular weight is 161 g/mol. The summed E-state index contributed by atoms with van der Waals surface area (Å²) in [5.41, 5.74) is 0. The summed E-state index contributed by atoms with van der Waals surface area (Å²) in [7, 11) is 3.64. The molecule has 0 spiro atoms. The van der Waals surface area contributed by atoms with Crippen LogP contribution in [0.5, 0.6) is 0 Å². The maximum absolute atomic E-state index is 8.67. The molecule has 0 saturated heterocycles. The summed E-state index contributed by atoms with van der Waals surface area (Å²) in [6.45, 7) is 5.05. The maximum atomic E-state index is 8.67. The first-order valence-corrected chi connectivity index (χ1v) is 3.97. The topological polar surface area (TPSA) is 32.7 Å². The van der Waals surface area contributed by atoms with Crippen LogP contribution in [0.15, 0.2) is 0 Å². The van der Waals surface area contributed by atoms with E-state index in [2.05, 4.69) is 13.8 Å². The fourth-order valence-electron chi connectivity index (χ4n) is 1.25. The predicted molar refractivity (Wildman–Crippen MR) is 45.4 cm³/mol. The van der Waals surface area contributed by atoms with Gasteiger partial charge < -0.3 is 9.84 Å². The lowest BCUT2D eigenvalue weighted by Gasteiger charge is -2.28. The molecule has 3 nitrogen and oxygen atoms in total. The number of methoxy groups -OCH3 is 1. The third-order valence-electron chi connectivity index (χ3n) is 1.70. The molecule has 0 aromatic heterocycles. The lowest BCUT2D eigenvalue weighted by molar-refractivity contribution is -0.0534. The van der Waals surface area contributed by atoms with Gasteiger partial charge in [-0.2, -0.15) is 0 Å². The van der Waals surface area contributed by atoms with Crippen molar-refractivity contribution in [3.05, 3.63) is 0 Å². The minimum atomic E-state index is 0.113. The van der Waals surface area contributed by atoms with Crippen LogP contribution in [0, 0.1) is 5.92 Å². The summed E-state index contributed by atoms with van der Waals surface area (Å²) in [6, 6.07) is 0. The Morgan fingerprint density at radius 2 is 2.00 bits per heavy atom. The molecular formula is C8H19NO2. The summed E-state index contributed by atoms with van der Waals surface area (Å²) in [5.74, 6) is 0.455. The zero-order valence-electron chi connectivity index (χ0n) is 7.87. The zero-order chi connectivity index (χ0) is 8.85. The van der Waals surface area contributed by atoms with E-state index in [1.165, 1.54) is 0 Å². The molecule has 0 aliphatic rings. The van der Waals surface area contributed by atoms with Crippen molar-refractivity contribution in [1.29, 1.82) is 0 Å². The molecule has 0 aromatic carbocycles. The van der Waals surface area contributed by atoms with Crippen LogP contribution in [-0.2, 0) is 4.74 Å². The Bertz CT molecular complexity index is 96.1. The summed E-state index contributed by atoms with van der Waals surface area (Å²) in [6.07, 6.45) is 0.113. The van der Waals surface area contributed by atoms with Crippen molar-refractivity contribution in [1.82, 2.24) is 4.90 Å². The zero-order valence-corrected chi connectivity index (χ0v) is 7.87. The molecule has 0 heterocycles. The highest BCUT2D eigenvalue weighted by atomic mass is 16.5. The molecular weight excluding hydrogens is 142 g/mol. The van der Waals surface area contributed by atoms with Crippen LogP contribution >= 0.6 is 0 Å². The van der Waals surface area contributed by atoms with E-state index >= 15 is 0 Å². The second-order valence-electron chi connectivity index (χ2n) is 3.07. The molecule has 1 unspecified atom stereocenters. The fourth-order valence-corrected chi connectivity index (χ4v) is 1.25.